The number of benzene rings is 1. The lowest BCUT2D eigenvalue weighted by Crippen LogP contribution is -2.34. The van der Waals surface area contributed by atoms with E-state index >= 15 is 0 Å². The van der Waals surface area contributed by atoms with Crippen molar-refractivity contribution in [3.8, 4) is 0 Å². The molecule has 0 saturated carbocycles. The zero-order valence-corrected chi connectivity index (χ0v) is 18.7. The van der Waals surface area contributed by atoms with Crippen LogP contribution in [0.1, 0.15) is 84.0 Å². The number of thiocarbonyl (C=S) groups is 1. The van der Waals surface area contributed by atoms with Gasteiger partial charge in [-0.3, -0.25) is 14.9 Å². The quantitative estimate of drug-likeness (QED) is 0.144. The summed E-state index contributed by atoms with van der Waals surface area (Å²) in [5.41, 5.74) is -0.00106. The number of rotatable bonds is 14. The standard InChI is InChI=1S/C21H32ClN3O3S/c1-2-3-4-5-6-7-8-9-10-11-12-13-20(26)24-21(29)23-18-15-14-17(22)16-19(18)25(27)28/h14-16H,2-13H2,1H3,(H2,23,24,26,29). The van der Waals surface area contributed by atoms with E-state index in [4.69, 9.17) is 23.8 Å². The molecular weight excluding hydrogens is 410 g/mol. The van der Waals surface area contributed by atoms with Crippen LogP contribution in [0.3, 0.4) is 0 Å². The fourth-order valence-corrected chi connectivity index (χ4v) is 3.44. The number of nitrogens with zero attached hydrogens (tertiary/aromatic N) is 1. The first kappa shape index (κ1) is 25.3. The Morgan fingerprint density at radius 3 is 2.14 bits per heavy atom. The van der Waals surface area contributed by atoms with Crippen molar-refractivity contribution in [3.63, 3.8) is 0 Å². The number of nitro benzene ring substituents is 1. The summed E-state index contributed by atoms with van der Waals surface area (Å²) in [6.07, 6.45) is 13.8. The van der Waals surface area contributed by atoms with E-state index in [9.17, 15) is 14.9 Å². The highest BCUT2D eigenvalue weighted by molar-refractivity contribution is 7.80. The summed E-state index contributed by atoms with van der Waals surface area (Å²) in [7, 11) is 0. The SMILES string of the molecule is CCCCCCCCCCCCCC(=O)NC(=S)Nc1ccc(Cl)cc1[N+](=O)[O-]. The third-order valence-corrected chi connectivity index (χ3v) is 5.10. The predicted octanol–water partition coefficient (Wildman–Crippen LogP) is 6.76. The summed E-state index contributed by atoms with van der Waals surface area (Å²) >= 11 is 10.9. The summed E-state index contributed by atoms with van der Waals surface area (Å²) in [6, 6.07) is 4.22. The second-order valence-corrected chi connectivity index (χ2v) is 8.05. The first-order valence-electron chi connectivity index (χ1n) is 10.5. The zero-order chi connectivity index (χ0) is 21.5. The molecule has 1 rings (SSSR count). The second kappa shape index (κ2) is 15.2. The molecule has 0 spiro atoms. The first-order valence-corrected chi connectivity index (χ1v) is 11.3. The molecule has 162 valence electrons. The number of hydrogen-bond acceptors (Lipinski definition) is 4. The van der Waals surface area contributed by atoms with Gasteiger partial charge in [0.05, 0.1) is 4.92 Å². The van der Waals surface area contributed by atoms with Gasteiger partial charge in [-0.2, -0.15) is 0 Å². The molecule has 0 radical (unpaired) electrons. The van der Waals surface area contributed by atoms with Crippen molar-refractivity contribution in [1.29, 1.82) is 0 Å². The van der Waals surface area contributed by atoms with Gasteiger partial charge < -0.3 is 10.6 Å². The third-order valence-electron chi connectivity index (χ3n) is 4.67. The minimum Gasteiger partial charge on any atom is -0.327 e. The number of unbranched alkanes of at least 4 members (excludes halogenated alkanes) is 10. The molecule has 8 heteroatoms. The van der Waals surface area contributed by atoms with Crippen LogP contribution < -0.4 is 10.6 Å². The number of carbonyl (C=O) groups excluding carboxylic acids is 1. The largest absolute Gasteiger partial charge is 0.327 e. The summed E-state index contributed by atoms with van der Waals surface area (Å²) < 4.78 is 0. The summed E-state index contributed by atoms with van der Waals surface area (Å²) in [5, 5.41) is 16.6. The van der Waals surface area contributed by atoms with Crippen LogP contribution in [-0.2, 0) is 4.79 Å². The normalized spacial score (nSPS) is 10.6. The number of nitro groups is 1. The van der Waals surface area contributed by atoms with E-state index in [-0.39, 0.29) is 27.4 Å². The highest BCUT2D eigenvalue weighted by Gasteiger charge is 2.16. The molecule has 1 aromatic rings. The van der Waals surface area contributed by atoms with Crippen LogP contribution in [0.15, 0.2) is 18.2 Å². The molecule has 1 aromatic carbocycles. The Labute approximate surface area is 183 Å². The Morgan fingerprint density at radius 2 is 1.59 bits per heavy atom. The van der Waals surface area contributed by atoms with Gasteiger partial charge in [-0.15, -0.1) is 0 Å². The van der Waals surface area contributed by atoms with E-state index < -0.39 is 4.92 Å². The van der Waals surface area contributed by atoms with Gasteiger partial charge in [-0.25, -0.2) is 0 Å². The molecule has 0 heterocycles. The average Bonchev–Trinajstić information content (AvgIpc) is 2.67. The topological polar surface area (TPSA) is 84.3 Å². The monoisotopic (exact) mass is 441 g/mol. The lowest BCUT2D eigenvalue weighted by atomic mass is 10.1. The Morgan fingerprint density at radius 1 is 1.03 bits per heavy atom. The van der Waals surface area contributed by atoms with Crippen molar-refractivity contribution in [2.45, 2.75) is 84.0 Å². The molecule has 1 amide bonds. The van der Waals surface area contributed by atoms with Crippen LogP contribution in [0.25, 0.3) is 0 Å². The second-order valence-electron chi connectivity index (χ2n) is 7.21. The molecule has 2 N–H and O–H groups in total. The number of carbonyl (C=O) groups is 1. The van der Waals surface area contributed by atoms with Crippen molar-refractivity contribution in [3.05, 3.63) is 33.3 Å². The van der Waals surface area contributed by atoms with E-state index in [0.717, 1.165) is 19.3 Å². The van der Waals surface area contributed by atoms with E-state index in [1.807, 2.05) is 0 Å². The van der Waals surface area contributed by atoms with Gasteiger partial charge in [-0.1, -0.05) is 82.7 Å². The molecule has 29 heavy (non-hydrogen) atoms. The molecule has 0 unspecified atom stereocenters. The molecule has 0 bridgehead atoms. The number of halogens is 1. The Bertz CT molecular complexity index is 671. The van der Waals surface area contributed by atoms with E-state index in [1.54, 1.807) is 0 Å². The van der Waals surface area contributed by atoms with Gasteiger partial charge in [0.2, 0.25) is 5.91 Å². The lowest BCUT2D eigenvalue weighted by molar-refractivity contribution is -0.383. The van der Waals surface area contributed by atoms with Gasteiger partial charge >= 0.3 is 0 Å². The van der Waals surface area contributed by atoms with Crippen LogP contribution in [-0.4, -0.2) is 15.9 Å². The van der Waals surface area contributed by atoms with Crippen LogP contribution in [0.5, 0.6) is 0 Å². The maximum atomic E-state index is 12.0. The molecule has 0 aromatic heterocycles. The summed E-state index contributed by atoms with van der Waals surface area (Å²) in [4.78, 5) is 22.5. The number of nitrogens with one attached hydrogen (secondary N) is 2. The molecular formula is C21H32ClN3O3S. The highest BCUT2D eigenvalue weighted by atomic mass is 35.5. The predicted molar refractivity (Wildman–Crippen MR) is 124 cm³/mol. The Hall–Kier alpha value is -1.73. The number of anilines is 1. The average molecular weight is 442 g/mol. The van der Waals surface area contributed by atoms with Crippen LogP contribution in [0, 0.1) is 10.1 Å². The molecule has 0 atom stereocenters. The maximum Gasteiger partial charge on any atom is 0.294 e. The molecule has 0 aliphatic carbocycles. The number of hydrogen-bond donors (Lipinski definition) is 2. The third kappa shape index (κ3) is 11.8. The van der Waals surface area contributed by atoms with Gasteiger partial charge in [-0.05, 0) is 30.8 Å². The Kier molecular flexibility index (Phi) is 13.2. The molecule has 0 saturated heterocycles. The molecule has 0 aliphatic heterocycles. The summed E-state index contributed by atoms with van der Waals surface area (Å²) in [6.45, 7) is 2.23. The van der Waals surface area contributed by atoms with E-state index in [2.05, 4.69) is 17.6 Å². The first-order chi connectivity index (χ1) is 13.9. The molecule has 0 aliphatic rings. The lowest BCUT2D eigenvalue weighted by Gasteiger charge is -2.10. The van der Waals surface area contributed by atoms with E-state index in [0.29, 0.717) is 6.42 Å². The Balaban J connectivity index is 2.15. The number of amides is 1. The minimum absolute atomic E-state index is 0.0449. The van der Waals surface area contributed by atoms with E-state index in [1.165, 1.54) is 69.6 Å². The highest BCUT2D eigenvalue weighted by Crippen LogP contribution is 2.27. The molecule has 6 nitrogen and oxygen atoms in total. The smallest absolute Gasteiger partial charge is 0.294 e. The van der Waals surface area contributed by atoms with Gasteiger partial charge in [0, 0.05) is 17.5 Å². The van der Waals surface area contributed by atoms with Gasteiger partial charge in [0.1, 0.15) is 5.69 Å². The van der Waals surface area contributed by atoms with Gasteiger partial charge in [0.25, 0.3) is 5.69 Å². The van der Waals surface area contributed by atoms with Crippen molar-refractivity contribution in [1.82, 2.24) is 5.32 Å². The molecule has 0 fully saturated rings. The zero-order valence-electron chi connectivity index (χ0n) is 17.2. The van der Waals surface area contributed by atoms with Crippen LogP contribution in [0.4, 0.5) is 11.4 Å². The van der Waals surface area contributed by atoms with Crippen molar-refractivity contribution < 1.29 is 9.72 Å². The van der Waals surface area contributed by atoms with Crippen LogP contribution in [0.2, 0.25) is 5.02 Å². The van der Waals surface area contributed by atoms with Gasteiger partial charge in [0.15, 0.2) is 5.11 Å². The fourth-order valence-electron chi connectivity index (χ4n) is 3.05. The fraction of sp³-hybridized carbons (Fsp3) is 0.619. The maximum absolute atomic E-state index is 12.0. The van der Waals surface area contributed by atoms with Crippen LogP contribution >= 0.6 is 23.8 Å². The summed E-state index contributed by atoms with van der Waals surface area (Å²) in [5.74, 6) is -0.185. The van der Waals surface area contributed by atoms with Crippen molar-refractivity contribution in [2.24, 2.45) is 0 Å². The van der Waals surface area contributed by atoms with Crippen molar-refractivity contribution >= 4 is 46.2 Å². The van der Waals surface area contributed by atoms with Crippen molar-refractivity contribution in [2.75, 3.05) is 5.32 Å². The minimum atomic E-state index is -0.552.